The first-order valence-corrected chi connectivity index (χ1v) is 9.91. The Hall–Kier alpha value is -1.62. The number of likely N-dealkylation sites (N-methyl/N-ethyl adjacent to an activating group) is 1. The molecule has 0 aromatic carbocycles. The molecule has 0 bridgehead atoms. The second kappa shape index (κ2) is 11.5. The molecule has 8 nitrogen and oxygen atoms in total. The number of hydrogen-bond donors (Lipinski definition) is 2. The van der Waals surface area contributed by atoms with Gasteiger partial charge in [-0.25, -0.2) is 0 Å². The zero-order valence-electron chi connectivity index (χ0n) is 19.0. The number of nitrogens with one attached hydrogen (secondary N) is 2. The summed E-state index contributed by atoms with van der Waals surface area (Å²) in [6.07, 6.45) is 4.88. The van der Waals surface area contributed by atoms with E-state index in [1.54, 1.807) is 0 Å². The third-order valence-electron chi connectivity index (χ3n) is 5.05. The molecule has 0 radical (unpaired) electrons. The van der Waals surface area contributed by atoms with Crippen molar-refractivity contribution in [2.24, 2.45) is 19.1 Å². The van der Waals surface area contributed by atoms with Crippen molar-refractivity contribution in [1.82, 2.24) is 35.1 Å². The van der Waals surface area contributed by atoms with E-state index in [0.29, 0.717) is 6.54 Å². The number of halogens is 1. The second-order valence-corrected chi connectivity index (χ2v) is 7.67. The SMILES string of the molecule is CCNC(=NCC(c1cnn(C)c1)N(C)C)NC(C)Cc1c(C)nn(C)c1C.I. The predicted molar refractivity (Wildman–Crippen MR) is 130 cm³/mol. The molecular formula is C20H37IN8. The molecule has 0 aliphatic carbocycles. The zero-order chi connectivity index (χ0) is 20.8. The van der Waals surface area contributed by atoms with E-state index >= 15 is 0 Å². The molecular weight excluding hydrogens is 479 g/mol. The molecule has 0 fully saturated rings. The van der Waals surface area contributed by atoms with E-state index in [1.807, 2.05) is 29.7 Å². The van der Waals surface area contributed by atoms with Crippen LogP contribution in [0.15, 0.2) is 17.4 Å². The lowest BCUT2D eigenvalue weighted by atomic mass is 10.1. The molecule has 2 rings (SSSR count). The Kier molecular flexibility index (Phi) is 10.1. The summed E-state index contributed by atoms with van der Waals surface area (Å²) in [4.78, 5) is 7.02. The summed E-state index contributed by atoms with van der Waals surface area (Å²) in [5.74, 6) is 0.838. The number of aryl methyl sites for hydroxylation is 3. The number of aromatic nitrogens is 4. The van der Waals surface area contributed by atoms with Gasteiger partial charge in [-0.3, -0.25) is 14.4 Å². The van der Waals surface area contributed by atoms with E-state index in [2.05, 4.69) is 73.7 Å². The molecule has 0 aliphatic heterocycles. The van der Waals surface area contributed by atoms with E-state index in [1.165, 1.54) is 16.8 Å². The van der Waals surface area contributed by atoms with Crippen LogP contribution in [-0.4, -0.2) is 63.6 Å². The quantitative estimate of drug-likeness (QED) is 0.320. The number of nitrogens with zero attached hydrogens (tertiary/aromatic N) is 6. The number of rotatable bonds is 8. The van der Waals surface area contributed by atoms with E-state index < -0.39 is 0 Å². The zero-order valence-corrected chi connectivity index (χ0v) is 21.4. The minimum Gasteiger partial charge on any atom is -0.357 e. The van der Waals surface area contributed by atoms with Crippen molar-refractivity contribution in [1.29, 1.82) is 0 Å². The Morgan fingerprint density at radius 1 is 1.28 bits per heavy atom. The molecule has 164 valence electrons. The van der Waals surface area contributed by atoms with Gasteiger partial charge in [-0.1, -0.05) is 0 Å². The van der Waals surface area contributed by atoms with Gasteiger partial charge in [-0.15, -0.1) is 24.0 Å². The first-order valence-electron chi connectivity index (χ1n) is 9.91. The van der Waals surface area contributed by atoms with Crippen LogP contribution in [0.5, 0.6) is 0 Å². The van der Waals surface area contributed by atoms with Crippen molar-refractivity contribution in [3.05, 3.63) is 34.9 Å². The van der Waals surface area contributed by atoms with E-state index in [9.17, 15) is 0 Å². The third-order valence-corrected chi connectivity index (χ3v) is 5.05. The molecule has 9 heteroatoms. The van der Waals surface area contributed by atoms with Crippen LogP contribution in [0.25, 0.3) is 0 Å². The average Bonchev–Trinajstić information content (AvgIpc) is 3.13. The van der Waals surface area contributed by atoms with Gasteiger partial charge >= 0.3 is 0 Å². The van der Waals surface area contributed by atoms with Crippen LogP contribution in [0.4, 0.5) is 0 Å². The van der Waals surface area contributed by atoms with Gasteiger partial charge < -0.3 is 15.5 Å². The maximum absolute atomic E-state index is 4.85. The van der Waals surface area contributed by atoms with Gasteiger partial charge in [-0.2, -0.15) is 10.2 Å². The Balaban J connectivity index is 0.00000420. The van der Waals surface area contributed by atoms with Gasteiger partial charge in [0, 0.05) is 44.1 Å². The summed E-state index contributed by atoms with van der Waals surface area (Å²) in [6, 6.07) is 0.429. The standard InChI is InChI=1S/C20H36N8.HI/c1-9-21-20(22-12-19(26(5)6)17-11-23-27(7)13-17)24-14(2)10-18-15(3)25-28(8)16(18)4;/h11,13-14,19H,9-10,12H2,1-8H3,(H2,21,22,24);1H. The molecule has 2 atom stereocenters. The fraction of sp³-hybridized carbons (Fsp3) is 0.650. The Labute approximate surface area is 192 Å². The van der Waals surface area contributed by atoms with Crippen LogP contribution in [0.2, 0.25) is 0 Å². The molecule has 0 aliphatic rings. The minimum atomic E-state index is 0. The monoisotopic (exact) mass is 516 g/mol. The van der Waals surface area contributed by atoms with Gasteiger partial charge in [0.25, 0.3) is 0 Å². The Morgan fingerprint density at radius 2 is 1.97 bits per heavy atom. The van der Waals surface area contributed by atoms with Crippen LogP contribution in [0, 0.1) is 13.8 Å². The Morgan fingerprint density at radius 3 is 2.45 bits per heavy atom. The van der Waals surface area contributed by atoms with Crippen molar-refractivity contribution in [3.63, 3.8) is 0 Å². The Bertz CT molecular complexity index is 793. The van der Waals surface area contributed by atoms with Crippen molar-refractivity contribution >= 4 is 29.9 Å². The highest BCUT2D eigenvalue weighted by atomic mass is 127. The summed E-state index contributed by atoms with van der Waals surface area (Å²) in [5, 5.41) is 15.7. The van der Waals surface area contributed by atoms with Crippen LogP contribution in [0.1, 0.15) is 42.4 Å². The molecule has 0 spiro atoms. The molecule has 2 aromatic heterocycles. The minimum absolute atomic E-state index is 0. The van der Waals surface area contributed by atoms with Gasteiger partial charge in [0.05, 0.1) is 24.5 Å². The van der Waals surface area contributed by atoms with Crippen molar-refractivity contribution in [2.45, 2.75) is 46.2 Å². The largest absolute Gasteiger partial charge is 0.357 e. The lowest BCUT2D eigenvalue weighted by Gasteiger charge is -2.23. The summed E-state index contributed by atoms with van der Waals surface area (Å²) < 4.78 is 3.78. The molecule has 2 unspecified atom stereocenters. The van der Waals surface area contributed by atoms with Crippen molar-refractivity contribution in [3.8, 4) is 0 Å². The third kappa shape index (κ3) is 6.98. The summed E-state index contributed by atoms with van der Waals surface area (Å²) in [7, 11) is 8.08. The molecule has 29 heavy (non-hydrogen) atoms. The predicted octanol–water partition coefficient (Wildman–Crippen LogP) is 2.18. The summed E-state index contributed by atoms with van der Waals surface area (Å²) >= 11 is 0. The fourth-order valence-corrected chi connectivity index (χ4v) is 3.38. The highest BCUT2D eigenvalue weighted by molar-refractivity contribution is 14.0. The van der Waals surface area contributed by atoms with Crippen molar-refractivity contribution in [2.75, 3.05) is 27.2 Å². The normalized spacial score (nSPS) is 13.9. The van der Waals surface area contributed by atoms with E-state index in [0.717, 1.165) is 24.6 Å². The lowest BCUT2D eigenvalue weighted by Crippen LogP contribution is -2.43. The van der Waals surface area contributed by atoms with Gasteiger partial charge in [0.1, 0.15) is 0 Å². The van der Waals surface area contributed by atoms with Gasteiger partial charge in [0.15, 0.2) is 5.96 Å². The van der Waals surface area contributed by atoms with Crippen LogP contribution < -0.4 is 10.6 Å². The molecule has 0 saturated carbocycles. The van der Waals surface area contributed by atoms with Crippen LogP contribution in [0.3, 0.4) is 0 Å². The molecule has 2 N–H and O–H groups in total. The van der Waals surface area contributed by atoms with Gasteiger partial charge in [-0.05, 0) is 53.8 Å². The smallest absolute Gasteiger partial charge is 0.191 e. The maximum Gasteiger partial charge on any atom is 0.191 e. The molecule has 0 saturated heterocycles. The van der Waals surface area contributed by atoms with E-state index in [-0.39, 0.29) is 36.1 Å². The lowest BCUT2D eigenvalue weighted by molar-refractivity contribution is 0.306. The van der Waals surface area contributed by atoms with Crippen LogP contribution >= 0.6 is 24.0 Å². The molecule has 2 aromatic rings. The average molecular weight is 516 g/mol. The molecule has 0 amide bonds. The summed E-state index contributed by atoms with van der Waals surface area (Å²) in [6.45, 7) is 9.95. The van der Waals surface area contributed by atoms with Gasteiger partial charge in [0.2, 0.25) is 0 Å². The number of hydrogen-bond acceptors (Lipinski definition) is 4. The van der Waals surface area contributed by atoms with Crippen molar-refractivity contribution < 1.29 is 0 Å². The van der Waals surface area contributed by atoms with E-state index in [4.69, 9.17) is 4.99 Å². The first kappa shape index (κ1) is 25.4. The topological polar surface area (TPSA) is 75.3 Å². The summed E-state index contributed by atoms with van der Waals surface area (Å²) in [5.41, 5.74) is 4.79. The first-order chi connectivity index (χ1) is 13.2. The molecule has 2 heterocycles. The number of aliphatic imine (C=N–C) groups is 1. The second-order valence-electron chi connectivity index (χ2n) is 7.67. The fourth-order valence-electron chi connectivity index (χ4n) is 3.38. The number of guanidine groups is 1. The highest BCUT2D eigenvalue weighted by Crippen LogP contribution is 2.18. The highest BCUT2D eigenvalue weighted by Gasteiger charge is 2.17. The van der Waals surface area contributed by atoms with Crippen LogP contribution in [-0.2, 0) is 20.5 Å². The maximum atomic E-state index is 4.85.